The number of aromatic nitrogens is 2. The molecule has 0 saturated carbocycles. The third kappa shape index (κ3) is 4.00. The Morgan fingerprint density at radius 1 is 1.41 bits per heavy atom. The maximum atomic E-state index is 12.1. The molecule has 0 unspecified atom stereocenters. The summed E-state index contributed by atoms with van der Waals surface area (Å²) in [6.45, 7) is 2.90. The first-order valence-electron chi connectivity index (χ1n) is 6.78. The van der Waals surface area contributed by atoms with E-state index in [2.05, 4.69) is 10.4 Å². The van der Waals surface area contributed by atoms with Crippen molar-refractivity contribution in [1.29, 1.82) is 0 Å². The molecule has 1 N–H and O–H groups in total. The second-order valence-corrected chi connectivity index (χ2v) is 5.99. The Balaban J connectivity index is 1.94. The summed E-state index contributed by atoms with van der Waals surface area (Å²) in [5.74, 6) is -0.145. The van der Waals surface area contributed by atoms with Gasteiger partial charge >= 0.3 is 0 Å². The zero-order valence-corrected chi connectivity index (χ0v) is 14.2. The summed E-state index contributed by atoms with van der Waals surface area (Å²) in [4.78, 5) is 14.0. The highest BCUT2D eigenvalue weighted by Gasteiger charge is 2.12. The number of amides is 1. The highest BCUT2D eigenvalue weighted by atomic mass is 35.5. The van der Waals surface area contributed by atoms with E-state index < -0.39 is 0 Å². The highest BCUT2D eigenvalue weighted by Crippen LogP contribution is 2.29. The summed E-state index contributed by atoms with van der Waals surface area (Å²) in [5.41, 5.74) is 2.70. The fourth-order valence-electron chi connectivity index (χ4n) is 2.08. The molecule has 1 heterocycles. The number of carbonyl (C=O) groups excluding carboxylic acids is 1. The van der Waals surface area contributed by atoms with Crippen molar-refractivity contribution >= 4 is 34.8 Å². The molecule has 0 aliphatic heterocycles. The van der Waals surface area contributed by atoms with Gasteiger partial charge in [0.25, 0.3) is 0 Å². The number of anilines is 1. The maximum absolute atomic E-state index is 12.1. The quantitative estimate of drug-likeness (QED) is 0.909. The number of halogens is 2. The third-order valence-electron chi connectivity index (χ3n) is 3.42. The highest BCUT2D eigenvalue weighted by molar-refractivity contribution is 6.43. The van der Waals surface area contributed by atoms with E-state index in [-0.39, 0.29) is 12.5 Å². The smallest absolute Gasteiger partial charge is 0.238 e. The number of hydrogen-bond donors (Lipinski definition) is 1. The first-order valence-corrected chi connectivity index (χ1v) is 7.54. The van der Waals surface area contributed by atoms with Crippen LogP contribution in [0.1, 0.15) is 11.3 Å². The average Bonchev–Trinajstić information content (AvgIpc) is 2.76. The van der Waals surface area contributed by atoms with Crippen LogP contribution in [0.2, 0.25) is 10.0 Å². The minimum atomic E-state index is -0.145. The van der Waals surface area contributed by atoms with Crippen molar-refractivity contribution < 1.29 is 4.79 Å². The maximum Gasteiger partial charge on any atom is 0.238 e. The number of nitrogens with zero attached hydrogens (tertiary/aromatic N) is 3. The van der Waals surface area contributed by atoms with Crippen molar-refractivity contribution in [1.82, 2.24) is 14.7 Å². The third-order valence-corrected chi connectivity index (χ3v) is 4.24. The second kappa shape index (κ2) is 7.13. The number of aryl methyl sites for hydroxylation is 1. The van der Waals surface area contributed by atoms with E-state index in [1.165, 1.54) is 0 Å². The molecule has 0 radical (unpaired) electrons. The predicted molar refractivity (Wildman–Crippen MR) is 89.4 cm³/mol. The molecule has 1 aromatic carbocycles. The topological polar surface area (TPSA) is 50.2 Å². The van der Waals surface area contributed by atoms with Crippen molar-refractivity contribution in [3.63, 3.8) is 0 Å². The first-order chi connectivity index (χ1) is 10.4. The van der Waals surface area contributed by atoms with Crippen LogP contribution in [0.4, 0.5) is 5.69 Å². The number of likely N-dealkylation sites (N-methyl/N-ethyl adjacent to an activating group) is 1. The van der Waals surface area contributed by atoms with Gasteiger partial charge in [-0.05, 0) is 26.1 Å². The molecule has 0 fully saturated rings. The van der Waals surface area contributed by atoms with Crippen LogP contribution in [0, 0.1) is 6.92 Å². The lowest BCUT2D eigenvalue weighted by Gasteiger charge is -2.16. The van der Waals surface area contributed by atoms with E-state index >= 15 is 0 Å². The zero-order chi connectivity index (χ0) is 16.3. The van der Waals surface area contributed by atoms with E-state index in [1.807, 2.05) is 36.8 Å². The number of nitrogens with one attached hydrogen (secondary N) is 1. The molecular weight excluding hydrogens is 323 g/mol. The molecule has 0 saturated heterocycles. The summed E-state index contributed by atoms with van der Waals surface area (Å²) >= 11 is 12.0. The van der Waals surface area contributed by atoms with E-state index in [4.69, 9.17) is 23.2 Å². The number of benzene rings is 1. The Hall–Kier alpha value is -1.56. The van der Waals surface area contributed by atoms with Gasteiger partial charge < -0.3 is 5.32 Å². The molecular formula is C15H18Cl2N4O. The Kier molecular flexibility index (Phi) is 5.45. The van der Waals surface area contributed by atoms with Gasteiger partial charge in [0.15, 0.2) is 0 Å². The molecule has 5 nitrogen and oxygen atoms in total. The van der Waals surface area contributed by atoms with Gasteiger partial charge in [-0.2, -0.15) is 5.10 Å². The lowest BCUT2D eigenvalue weighted by Crippen LogP contribution is -2.30. The fourth-order valence-corrected chi connectivity index (χ4v) is 2.43. The van der Waals surface area contributed by atoms with Crippen LogP contribution in [-0.4, -0.2) is 34.2 Å². The van der Waals surface area contributed by atoms with Gasteiger partial charge in [0.1, 0.15) is 0 Å². The van der Waals surface area contributed by atoms with Crippen molar-refractivity contribution in [3.8, 4) is 0 Å². The standard InChI is InChI=1S/C15H18Cl2N4O/c1-10-11(7-18-21(10)3)8-20(2)9-14(22)19-13-6-4-5-12(16)15(13)17/h4-7H,8-9H2,1-3H3,(H,19,22). The lowest BCUT2D eigenvalue weighted by molar-refractivity contribution is -0.117. The zero-order valence-electron chi connectivity index (χ0n) is 12.7. The molecule has 2 aromatic rings. The summed E-state index contributed by atoms with van der Waals surface area (Å²) in [5, 5.41) is 7.73. The molecule has 2 rings (SSSR count). The average molecular weight is 341 g/mol. The molecule has 0 aliphatic carbocycles. The van der Waals surface area contributed by atoms with Crippen LogP contribution in [0.25, 0.3) is 0 Å². The van der Waals surface area contributed by atoms with E-state index in [0.717, 1.165) is 11.3 Å². The van der Waals surface area contributed by atoms with Crippen LogP contribution >= 0.6 is 23.2 Å². The summed E-state index contributed by atoms with van der Waals surface area (Å²) in [7, 11) is 3.78. The molecule has 7 heteroatoms. The van der Waals surface area contributed by atoms with Crippen LogP contribution in [0.3, 0.4) is 0 Å². The normalized spacial score (nSPS) is 11.0. The van der Waals surface area contributed by atoms with Gasteiger partial charge in [-0.3, -0.25) is 14.4 Å². The monoisotopic (exact) mass is 340 g/mol. The molecule has 1 aromatic heterocycles. The molecule has 0 aliphatic rings. The Morgan fingerprint density at radius 3 is 2.77 bits per heavy atom. The van der Waals surface area contributed by atoms with Crippen molar-refractivity contribution in [2.24, 2.45) is 7.05 Å². The van der Waals surface area contributed by atoms with Gasteiger partial charge in [-0.1, -0.05) is 29.3 Å². The number of rotatable bonds is 5. The van der Waals surface area contributed by atoms with Gasteiger partial charge in [0.2, 0.25) is 5.91 Å². The minimum absolute atomic E-state index is 0.145. The number of hydrogen-bond acceptors (Lipinski definition) is 3. The summed E-state index contributed by atoms with van der Waals surface area (Å²) < 4.78 is 1.81. The fraction of sp³-hybridized carbons (Fsp3) is 0.333. The van der Waals surface area contributed by atoms with Crippen LogP contribution in [0.15, 0.2) is 24.4 Å². The first kappa shape index (κ1) is 16.8. The second-order valence-electron chi connectivity index (χ2n) is 5.20. The summed E-state index contributed by atoms with van der Waals surface area (Å²) in [6.07, 6.45) is 1.82. The van der Waals surface area contributed by atoms with Gasteiger partial charge in [0.05, 0.1) is 28.5 Å². The SMILES string of the molecule is Cc1c(CN(C)CC(=O)Nc2cccc(Cl)c2Cl)cnn1C. The molecule has 118 valence electrons. The van der Waals surface area contributed by atoms with Crippen LogP contribution < -0.4 is 5.32 Å². The molecule has 1 amide bonds. The van der Waals surface area contributed by atoms with E-state index in [9.17, 15) is 4.79 Å². The van der Waals surface area contributed by atoms with Gasteiger partial charge in [-0.15, -0.1) is 0 Å². The number of carbonyl (C=O) groups is 1. The minimum Gasteiger partial charge on any atom is -0.324 e. The Bertz CT molecular complexity index is 684. The Morgan fingerprint density at radius 2 is 2.14 bits per heavy atom. The van der Waals surface area contributed by atoms with Crippen LogP contribution in [0.5, 0.6) is 0 Å². The largest absolute Gasteiger partial charge is 0.324 e. The van der Waals surface area contributed by atoms with Gasteiger partial charge in [-0.25, -0.2) is 0 Å². The molecule has 22 heavy (non-hydrogen) atoms. The van der Waals surface area contributed by atoms with E-state index in [0.29, 0.717) is 22.3 Å². The molecule has 0 bridgehead atoms. The van der Waals surface area contributed by atoms with Crippen molar-refractivity contribution in [2.75, 3.05) is 18.9 Å². The van der Waals surface area contributed by atoms with Crippen LogP contribution in [-0.2, 0) is 18.4 Å². The van der Waals surface area contributed by atoms with E-state index in [1.54, 1.807) is 18.2 Å². The van der Waals surface area contributed by atoms with Gasteiger partial charge in [0, 0.05) is 24.8 Å². The Labute approximate surface area is 139 Å². The summed E-state index contributed by atoms with van der Waals surface area (Å²) in [6, 6.07) is 5.14. The predicted octanol–water partition coefficient (Wildman–Crippen LogP) is 3.11. The van der Waals surface area contributed by atoms with Crippen molar-refractivity contribution in [3.05, 3.63) is 45.7 Å². The lowest BCUT2D eigenvalue weighted by atomic mass is 10.2. The molecule has 0 atom stereocenters. The molecule has 0 spiro atoms. The van der Waals surface area contributed by atoms with Crippen molar-refractivity contribution in [2.45, 2.75) is 13.5 Å².